The maximum absolute atomic E-state index is 10.5. The fourth-order valence-electron chi connectivity index (χ4n) is 1.65. The van der Waals surface area contributed by atoms with E-state index in [1.54, 1.807) is 0 Å². The van der Waals surface area contributed by atoms with Gasteiger partial charge in [0.2, 0.25) is 5.91 Å². The van der Waals surface area contributed by atoms with Crippen LogP contribution in [0.4, 0.5) is 0 Å². The van der Waals surface area contributed by atoms with Crippen molar-refractivity contribution in [2.75, 3.05) is 6.54 Å². The number of nitrogens with two attached hydrogens (primary N) is 1. The number of benzene rings is 1. The van der Waals surface area contributed by atoms with Crippen LogP contribution in [0.1, 0.15) is 29.9 Å². The van der Waals surface area contributed by atoms with Crippen LogP contribution in [-0.2, 0) is 11.3 Å². The lowest BCUT2D eigenvalue weighted by molar-refractivity contribution is -0.117. The number of amides is 1. The van der Waals surface area contributed by atoms with Crippen molar-refractivity contribution in [3.05, 3.63) is 35.4 Å². The smallest absolute Gasteiger partial charge is 0.231 e. The van der Waals surface area contributed by atoms with Gasteiger partial charge in [0.15, 0.2) is 0 Å². The summed E-state index contributed by atoms with van der Waals surface area (Å²) in [5.74, 6) is 0.488. The minimum atomic E-state index is -0.315. The van der Waals surface area contributed by atoms with Gasteiger partial charge in [-0.05, 0) is 29.9 Å². The molecule has 80 valence electrons. The Morgan fingerprint density at radius 1 is 1.33 bits per heavy atom. The first-order chi connectivity index (χ1) is 7.25. The molecule has 3 heteroatoms. The van der Waals surface area contributed by atoms with E-state index in [2.05, 4.69) is 29.6 Å². The average molecular weight is 204 g/mol. The standard InChI is InChI=1S/C12H16N2O/c13-12(15)8-14-7-9-1-3-10(4-2-9)11-5-6-11/h1-4,11,14H,5-8H2,(H2,13,15). The van der Waals surface area contributed by atoms with Gasteiger partial charge >= 0.3 is 0 Å². The van der Waals surface area contributed by atoms with Crippen LogP contribution in [0.3, 0.4) is 0 Å². The van der Waals surface area contributed by atoms with Crippen LogP contribution in [0.2, 0.25) is 0 Å². The third kappa shape index (κ3) is 3.06. The lowest BCUT2D eigenvalue weighted by Gasteiger charge is -2.04. The monoisotopic (exact) mass is 204 g/mol. The lowest BCUT2D eigenvalue weighted by Crippen LogP contribution is -2.28. The molecular weight excluding hydrogens is 188 g/mol. The molecule has 1 aromatic rings. The second-order valence-electron chi connectivity index (χ2n) is 4.09. The summed E-state index contributed by atoms with van der Waals surface area (Å²) in [4.78, 5) is 10.5. The molecule has 0 bridgehead atoms. The highest BCUT2D eigenvalue weighted by molar-refractivity contribution is 5.75. The Morgan fingerprint density at radius 2 is 2.00 bits per heavy atom. The SMILES string of the molecule is NC(=O)CNCc1ccc(C2CC2)cc1. The second kappa shape index (κ2) is 4.45. The van der Waals surface area contributed by atoms with Crippen molar-refractivity contribution in [1.29, 1.82) is 0 Å². The summed E-state index contributed by atoms with van der Waals surface area (Å²) in [7, 11) is 0. The van der Waals surface area contributed by atoms with Gasteiger partial charge in [-0.25, -0.2) is 0 Å². The quantitative estimate of drug-likeness (QED) is 0.755. The van der Waals surface area contributed by atoms with Gasteiger partial charge < -0.3 is 11.1 Å². The van der Waals surface area contributed by atoms with Crippen molar-refractivity contribution in [1.82, 2.24) is 5.32 Å². The molecule has 2 rings (SSSR count). The highest BCUT2D eigenvalue weighted by Gasteiger charge is 2.22. The number of primary amides is 1. The summed E-state index contributed by atoms with van der Waals surface area (Å²) in [6.45, 7) is 0.943. The lowest BCUT2D eigenvalue weighted by atomic mass is 10.1. The summed E-state index contributed by atoms with van der Waals surface area (Å²) in [6.07, 6.45) is 2.67. The van der Waals surface area contributed by atoms with Gasteiger partial charge in [-0.3, -0.25) is 4.79 Å². The zero-order valence-electron chi connectivity index (χ0n) is 8.70. The number of hydrogen-bond donors (Lipinski definition) is 2. The van der Waals surface area contributed by atoms with Crippen molar-refractivity contribution < 1.29 is 4.79 Å². The summed E-state index contributed by atoms with van der Waals surface area (Å²) in [5, 5.41) is 2.99. The molecule has 1 amide bonds. The van der Waals surface area contributed by atoms with Crippen LogP contribution in [0.25, 0.3) is 0 Å². The highest BCUT2D eigenvalue weighted by atomic mass is 16.1. The van der Waals surface area contributed by atoms with Gasteiger partial charge in [-0.2, -0.15) is 0 Å². The minimum absolute atomic E-state index is 0.240. The first-order valence-corrected chi connectivity index (χ1v) is 5.33. The van der Waals surface area contributed by atoms with E-state index in [1.807, 2.05) is 0 Å². The Balaban J connectivity index is 1.83. The van der Waals surface area contributed by atoms with Crippen LogP contribution in [0.15, 0.2) is 24.3 Å². The first kappa shape index (κ1) is 10.2. The van der Waals surface area contributed by atoms with Crippen LogP contribution in [0, 0.1) is 0 Å². The molecule has 0 radical (unpaired) electrons. The Kier molecular flexibility index (Phi) is 3.02. The average Bonchev–Trinajstić information content (AvgIpc) is 3.02. The first-order valence-electron chi connectivity index (χ1n) is 5.33. The number of hydrogen-bond acceptors (Lipinski definition) is 2. The highest BCUT2D eigenvalue weighted by Crippen LogP contribution is 2.39. The molecule has 1 aliphatic rings. The zero-order valence-corrected chi connectivity index (χ0v) is 8.70. The van der Waals surface area contributed by atoms with E-state index in [-0.39, 0.29) is 12.5 Å². The Hall–Kier alpha value is -1.35. The van der Waals surface area contributed by atoms with Crippen LogP contribution >= 0.6 is 0 Å². The van der Waals surface area contributed by atoms with Gasteiger partial charge in [-0.1, -0.05) is 24.3 Å². The molecular formula is C12H16N2O. The van der Waals surface area contributed by atoms with E-state index in [1.165, 1.54) is 24.0 Å². The summed E-state index contributed by atoms with van der Waals surface area (Å²) >= 11 is 0. The molecule has 0 atom stereocenters. The molecule has 1 aliphatic carbocycles. The van der Waals surface area contributed by atoms with Crippen molar-refractivity contribution in [3.8, 4) is 0 Å². The Morgan fingerprint density at radius 3 is 2.53 bits per heavy atom. The molecule has 1 saturated carbocycles. The van der Waals surface area contributed by atoms with Crippen LogP contribution in [0.5, 0.6) is 0 Å². The van der Waals surface area contributed by atoms with Crippen molar-refractivity contribution in [2.45, 2.75) is 25.3 Å². The molecule has 3 N–H and O–H groups in total. The van der Waals surface area contributed by atoms with E-state index in [0.717, 1.165) is 5.92 Å². The zero-order chi connectivity index (χ0) is 10.7. The molecule has 0 spiro atoms. The largest absolute Gasteiger partial charge is 0.369 e. The fourth-order valence-corrected chi connectivity index (χ4v) is 1.65. The number of nitrogens with one attached hydrogen (secondary N) is 1. The maximum atomic E-state index is 10.5. The van der Waals surface area contributed by atoms with Crippen molar-refractivity contribution in [2.24, 2.45) is 5.73 Å². The van der Waals surface area contributed by atoms with E-state index in [4.69, 9.17) is 5.73 Å². The second-order valence-corrected chi connectivity index (χ2v) is 4.09. The predicted molar refractivity (Wildman–Crippen MR) is 59.3 cm³/mol. The van der Waals surface area contributed by atoms with Crippen molar-refractivity contribution in [3.63, 3.8) is 0 Å². The summed E-state index contributed by atoms with van der Waals surface area (Å²) in [6, 6.07) is 8.58. The summed E-state index contributed by atoms with van der Waals surface area (Å²) in [5.41, 5.74) is 7.66. The number of rotatable bonds is 5. The third-order valence-corrected chi connectivity index (χ3v) is 2.66. The van der Waals surface area contributed by atoms with Gasteiger partial charge in [0.25, 0.3) is 0 Å². The van der Waals surface area contributed by atoms with Gasteiger partial charge in [0.1, 0.15) is 0 Å². The third-order valence-electron chi connectivity index (χ3n) is 2.66. The van der Waals surface area contributed by atoms with Crippen LogP contribution in [-0.4, -0.2) is 12.5 Å². The predicted octanol–water partition coefficient (Wildman–Crippen LogP) is 1.14. The van der Waals surface area contributed by atoms with E-state index in [9.17, 15) is 4.79 Å². The topological polar surface area (TPSA) is 55.1 Å². The molecule has 0 unspecified atom stereocenters. The Labute approximate surface area is 89.7 Å². The molecule has 0 aliphatic heterocycles. The van der Waals surface area contributed by atoms with Crippen molar-refractivity contribution >= 4 is 5.91 Å². The Bertz CT molecular complexity index is 341. The van der Waals surface area contributed by atoms with Gasteiger partial charge in [0, 0.05) is 6.54 Å². The number of carbonyl (C=O) groups is 1. The molecule has 0 aromatic heterocycles. The molecule has 3 nitrogen and oxygen atoms in total. The number of carbonyl (C=O) groups excluding carboxylic acids is 1. The molecule has 1 fully saturated rings. The molecule has 15 heavy (non-hydrogen) atoms. The summed E-state index contributed by atoms with van der Waals surface area (Å²) < 4.78 is 0. The fraction of sp³-hybridized carbons (Fsp3) is 0.417. The van der Waals surface area contributed by atoms with E-state index >= 15 is 0 Å². The minimum Gasteiger partial charge on any atom is -0.369 e. The van der Waals surface area contributed by atoms with Gasteiger partial charge in [-0.15, -0.1) is 0 Å². The van der Waals surface area contributed by atoms with E-state index in [0.29, 0.717) is 6.54 Å². The normalized spacial score (nSPS) is 15.2. The maximum Gasteiger partial charge on any atom is 0.231 e. The van der Waals surface area contributed by atoms with E-state index < -0.39 is 0 Å². The van der Waals surface area contributed by atoms with Gasteiger partial charge in [0.05, 0.1) is 6.54 Å². The molecule has 0 heterocycles. The van der Waals surface area contributed by atoms with Crippen LogP contribution < -0.4 is 11.1 Å². The molecule has 0 saturated heterocycles. The molecule has 1 aromatic carbocycles.